The molecule has 0 saturated carbocycles. The van der Waals surface area contributed by atoms with Gasteiger partial charge >= 0.3 is 0 Å². The third kappa shape index (κ3) is 2.74. The number of pyridine rings is 1. The van der Waals surface area contributed by atoms with Gasteiger partial charge < -0.3 is 16.0 Å². The first-order valence-corrected chi connectivity index (χ1v) is 5.74. The van der Waals surface area contributed by atoms with Gasteiger partial charge in [0.2, 0.25) is 5.91 Å². The van der Waals surface area contributed by atoms with Crippen molar-refractivity contribution < 1.29 is 4.79 Å². The summed E-state index contributed by atoms with van der Waals surface area (Å²) in [5, 5.41) is 3.44. The monoisotopic (exact) mass is 234 g/mol. The van der Waals surface area contributed by atoms with Crippen molar-refractivity contribution in [1.82, 2.24) is 10.3 Å². The van der Waals surface area contributed by atoms with E-state index in [0.29, 0.717) is 5.56 Å². The summed E-state index contributed by atoms with van der Waals surface area (Å²) in [7, 11) is 0. The van der Waals surface area contributed by atoms with Crippen molar-refractivity contribution in [1.29, 1.82) is 0 Å². The highest BCUT2D eigenvalue weighted by Crippen LogP contribution is 2.17. The molecule has 0 unspecified atom stereocenters. The molecule has 1 aromatic rings. The van der Waals surface area contributed by atoms with Crippen molar-refractivity contribution in [2.75, 3.05) is 24.5 Å². The summed E-state index contributed by atoms with van der Waals surface area (Å²) in [6.07, 6.45) is 1.53. The number of hydrogen-bond acceptors (Lipinski definition) is 4. The number of nitrogens with two attached hydrogens (primary N) is 1. The fraction of sp³-hybridized carbons (Fsp3) is 0.500. The largest absolute Gasteiger partial charge is 0.366 e. The molecule has 5 nitrogen and oxygen atoms in total. The second kappa shape index (κ2) is 4.33. The lowest BCUT2D eigenvalue weighted by atomic mass is 10.0. The number of anilines is 1. The Hall–Kier alpha value is -1.62. The number of amides is 1. The topological polar surface area (TPSA) is 71.2 Å². The normalized spacial score (nSPS) is 19.1. The zero-order valence-electron chi connectivity index (χ0n) is 10.2. The number of carbonyl (C=O) groups is 1. The van der Waals surface area contributed by atoms with Crippen LogP contribution >= 0.6 is 0 Å². The molecule has 1 saturated heterocycles. The molecule has 0 atom stereocenters. The van der Waals surface area contributed by atoms with Crippen LogP contribution in [0.4, 0.5) is 5.82 Å². The molecule has 0 aliphatic carbocycles. The summed E-state index contributed by atoms with van der Waals surface area (Å²) >= 11 is 0. The Labute approximate surface area is 101 Å². The van der Waals surface area contributed by atoms with Gasteiger partial charge in [0, 0.05) is 31.4 Å². The number of piperazine rings is 1. The summed E-state index contributed by atoms with van der Waals surface area (Å²) in [5.74, 6) is 0.453. The van der Waals surface area contributed by atoms with Gasteiger partial charge in [0.15, 0.2) is 0 Å². The number of nitrogens with zero attached hydrogens (tertiary/aromatic N) is 2. The van der Waals surface area contributed by atoms with Gasteiger partial charge in [-0.25, -0.2) is 4.98 Å². The molecule has 2 rings (SSSR count). The third-order valence-electron chi connectivity index (χ3n) is 2.93. The number of carbonyl (C=O) groups excluding carboxylic acids is 1. The number of nitrogens with one attached hydrogen (secondary N) is 1. The van der Waals surface area contributed by atoms with Crippen LogP contribution in [0.15, 0.2) is 18.3 Å². The van der Waals surface area contributed by atoms with Crippen molar-refractivity contribution >= 4 is 11.7 Å². The zero-order chi connectivity index (χ0) is 12.5. The smallest absolute Gasteiger partial charge is 0.250 e. The Bertz CT molecular complexity index is 413. The van der Waals surface area contributed by atoms with Gasteiger partial charge in [-0.15, -0.1) is 0 Å². The first-order valence-electron chi connectivity index (χ1n) is 5.74. The van der Waals surface area contributed by atoms with E-state index in [-0.39, 0.29) is 5.54 Å². The van der Waals surface area contributed by atoms with Crippen molar-refractivity contribution in [3.8, 4) is 0 Å². The highest BCUT2D eigenvalue weighted by molar-refractivity contribution is 5.92. The highest BCUT2D eigenvalue weighted by atomic mass is 16.1. The van der Waals surface area contributed by atoms with Crippen LogP contribution in [-0.4, -0.2) is 36.1 Å². The first kappa shape index (κ1) is 11.9. The summed E-state index contributed by atoms with van der Waals surface area (Å²) < 4.78 is 0. The van der Waals surface area contributed by atoms with Gasteiger partial charge in [0.05, 0.1) is 5.56 Å². The summed E-state index contributed by atoms with van der Waals surface area (Å²) in [5.41, 5.74) is 5.72. The molecule has 1 fully saturated rings. The quantitative estimate of drug-likeness (QED) is 0.775. The third-order valence-corrected chi connectivity index (χ3v) is 2.93. The van der Waals surface area contributed by atoms with Crippen LogP contribution in [0.1, 0.15) is 24.2 Å². The molecule has 0 bridgehead atoms. The predicted octanol–water partition coefficient (Wildman–Crippen LogP) is 0.369. The minimum atomic E-state index is -0.440. The molecule has 0 aromatic carbocycles. The number of aromatic nitrogens is 1. The predicted molar refractivity (Wildman–Crippen MR) is 67.0 cm³/mol. The van der Waals surface area contributed by atoms with E-state index < -0.39 is 5.91 Å². The van der Waals surface area contributed by atoms with Crippen LogP contribution in [0.5, 0.6) is 0 Å². The Balaban J connectivity index is 2.14. The van der Waals surface area contributed by atoms with Crippen molar-refractivity contribution in [2.45, 2.75) is 19.4 Å². The Morgan fingerprint density at radius 1 is 1.53 bits per heavy atom. The van der Waals surface area contributed by atoms with Gasteiger partial charge in [-0.2, -0.15) is 0 Å². The van der Waals surface area contributed by atoms with Crippen molar-refractivity contribution in [3.63, 3.8) is 0 Å². The molecule has 1 aromatic heterocycles. The molecule has 1 aliphatic rings. The van der Waals surface area contributed by atoms with Gasteiger partial charge in [-0.1, -0.05) is 0 Å². The Morgan fingerprint density at radius 3 is 2.82 bits per heavy atom. The maximum absolute atomic E-state index is 11.0. The lowest BCUT2D eigenvalue weighted by Crippen LogP contribution is -2.57. The second-order valence-corrected chi connectivity index (χ2v) is 5.00. The van der Waals surface area contributed by atoms with E-state index in [1.807, 2.05) is 6.07 Å². The number of primary amides is 1. The minimum absolute atomic E-state index is 0.0856. The maximum atomic E-state index is 11.0. The van der Waals surface area contributed by atoms with E-state index >= 15 is 0 Å². The van der Waals surface area contributed by atoms with E-state index in [1.165, 1.54) is 6.20 Å². The molecule has 17 heavy (non-hydrogen) atoms. The molecule has 92 valence electrons. The summed E-state index contributed by atoms with van der Waals surface area (Å²) in [6.45, 7) is 7.09. The fourth-order valence-electron chi connectivity index (χ4n) is 2.06. The zero-order valence-corrected chi connectivity index (χ0v) is 10.2. The van der Waals surface area contributed by atoms with Crippen molar-refractivity contribution in [3.05, 3.63) is 23.9 Å². The summed E-state index contributed by atoms with van der Waals surface area (Å²) in [4.78, 5) is 17.4. The fourth-order valence-corrected chi connectivity index (χ4v) is 2.06. The Morgan fingerprint density at radius 2 is 2.29 bits per heavy atom. The lowest BCUT2D eigenvalue weighted by Gasteiger charge is -2.39. The second-order valence-electron chi connectivity index (χ2n) is 5.00. The first-order chi connectivity index (χ1) is 7.98. The Kier molecular flexibility index (Phi) is 3.02. The lowest BCUT2D eigenvalue weighted by molar-refractivity contribution is 0.1000. The van der Waals surface area contributed by atoms with Crippen LogP contribution in [0.2, 0.25) is 0 Å². The van der Waals surface area contributed by atoms with Crippen LogP contribution in [0.25, 0.3) is 0 Å². The van der Waals surface area contributed by atoms with Crippen LogP contribution in [-0.2, 0) is 0 Å². The van der Waals surface area contributed by atoms with Crippen LogP contribution < -0.4 is 16.0 Å². The average molecular weight is 234 g/mol. The number of rotatable bonds is 2. The molecule has 5 heteroatoms. The number of hydrogen-bond donors (Lipinski definition) is 2. The average Bonchev–Trinajstić information content (AvgIpc) is 2.28. The van der Waals surface area contributed by atoms with Gasteiger partial charge in [0.25, 0.3) is 0 Å². The highest BCUT2D eigenvalue weighted by Gasteiger charge is 2.26. The molecule has 0 spiro atoms. The standard InChI is InChI=1S/C12H18N4O/c1-12(2)8-16(6-5-15-12)10-4-3-9(7-14-10)11(13)17/h3-4,7,15H,5-6,8H2,1-2H3,(H2,13,17). The molecule has 2 heterocycles. The molecule has 1 aliphatic heterocycles. The van der Waals surface area contributed by atoms with Crippen molar-refractivity contribution in [2.24, 2.45) is 5.73 Å². The van der Waals surface area contributed by atoms with Gasteiger partial charge in [-0.3, -0.25) is 4.79 Å². The van der Waals surface area contributed by atoms with E-state index in [2.05, 4.69) is 29.0 Å². The van der Waals surface area contributed by atoms with E-state index in [1.54, 1.807) is 6.07 Å². The van der Waals surface area contributed by atoms with E-state index in [0.717, 1.165) is 25.5 Å². The molecular weight excluding hydrogens is 216 g/mol. The van der Waals surface area contributed by atoms with E-state index in [9.17, 15) is 4.79 Å². The maximum Gasteiger partial charge on any atom is 0.250 e. The molecule has 0 radical (unpaired) electrons. The van der Waals surface area contributed by atoms with Crippen LogP contribution in [0.3, 0.4) is 0 Å². The SMILES string of the molecule is CC1(C)CN(c2ccc(C(N)=O)cn2)CCN1. The molecular formula is C12H18N4O. The minimum Gasteiger partial charge on any atom is -0.366 e. The van der Waals surface area contributed by atoms with Gasteiger partial charge in [-0.05, 0) is 26.0 Å². The van der Waals surface area contributed by atoms with E-state index in [4.69, 9.17) is 5.73 Å². The van der Waals surface area contributed by atoms with Crippen LogP contribution in [0, 0.1) is 0 Å². The summed E-state index contributed by atoms with van der Waals surface area (Å²) in [6, 6.07) is 3.57. The molecule has 1 amide bonds. The van der Waals surface area contributed by atoms with Gasteiger partial charge in [0.1, 0.15) is 5.82 Å². The molecule has 3 N–H and O–H groups in total.